The third-order valence-electron chi connectivity index (χ3n) is 6.07. The van der Waals surface area contributed by atoms with E-state index >= 15 is 0 Å². The SMILES string of the molecule is CCCCCCCCCCCCCCCCCCCCCCC(OC)C(=O)OC. The lowest BCUT2D eigenvalue weighted by molar-refractivity contribution is -0.152. The molecule has 1 atom stereocenters. The second kappa shape index (κ2) is 23.7. The summed E-state index contributed by atoms with van der Waals surface area (Å²) in [6, 6.07) is 0. The average Bonchev–Trinajstić information content (AvgIpc) is 2.74. The van der Waals surface area contributed by atoms with Crippen molar-refractivity contribution in [3.63, 3.8) is 0 Å². The third-order valence-corrected chi connectivity index (χ3v) is 6.07. The average molecular weight is 413 g/mol. The molecule has 3 heteroatoms. The Kier molecular flexibility index (Phi) is 23.2. The molecule has 0 aliphatic carbocycles. The molecular formula is C26H52O3. The first kappa shape index (κ1) is 28.4. The van der Waals surface area contributed by atoms with Crippen LogP contribution in [0, 0.1) is 0 Å². The van der Waals surface area contributed by atoms with Gasteiger partial charge in [-0.3, -0.25) is 0 Å². The fourth-order valence-corrected chi connectivity index (χ4v) is 4.05. The monoisotopic (exact) mass is 412 g/mol. The Morgan fingerprint density at radius 3 is 1.14 bits per heavy atom. The molecule has 0 aromatic carbocycles. The summed E-state index contributed by atoms with van der Waals surface area (Å²) in [7, 11) is 3.00. The predicted octanol–water partition coefficient (Wildman–Crippen LogP) is 8.39. The van der Waals surface area contributed by atoms with Crippen LogP contribution < -0.4 is 0 Å². The molecule has 1 unspecified atom stereocenters. The number of methoxy groups -OCH3 is 2. The van der Waals surface area contributed by atoms with Gasteiger partial charge in [-0.1, -0.05) is 135 Å². The number of hydrogen-bond donors (Lipinski definition) is 0. The quantitative estimate of drug-likeness (QED) is 0.125. The third kappa shape index (κ3) is 20.5. The zero-order chi connectivity index (χ0) is 21.4. The van der Waals surface area contributed by atoms with Crippen molar-refractivity contribution in [2.24, 2.45) is 0 Å². The molecule has 0 bridgehead atoms. The lowest BCUT2D eigenvalue weighted by atomic mass is 10.0. The van der Waals surface area contributed by atoms with Crippen LogP contribution in [-0.2, 0) is 14.3 Å². The summed E-state index contributed by atoms with van der Waals surface area (Å²) < 4.78 is 9.90. The van der Waals surface area contributed by atoms with Crippen molar-refractivity contribution >= 4 is 5.97 Å². The Hall–Kier alpha value is -0.570. The van der Waals surface area contributed by atoms with Gasteiger partial charge in [0.25, 0.3) is 0 Å². The van der Waals surface area contributed by atoms with Crippen LogP contribution in [0.3, 0.4) is 0 Å². The summed E-state index contributed by atoms with van der Waals surface area (Å²) in [6.07, 6.45) is 28.1. The number of hydrogen-bond acceptors (Lipinski definition) is 3. The van der Waals surface area contributed by atoms with E-state index in [1.165, 1.54) is 129 Å². The fraction of sp³-hybridized carbons (Fsp3) is 0.962. The van der Waals surface area contributed by atoms with Gasteiger partial charge in [0.15, 0.2) is 6.10 Å². The molecule has 0 aliphatic heterocycles. The predicted molar refractivity (Wildman–Crippen MR) is 125 cm³/mol. The van der Waals surface area contributed by atoms with E-state index in [4.69, 9.17) is 9.47 Å². The maximum Gasteiger partial charge on any atom is 0.334 e. The minimum atomic E-state index is -0.379. The number of esters is 1. The molecular weight excluding hydrogens is 360 g/mol. The van der Waals surface area contributed by atoms with Crippen LogP contribution in [0.4, 0.5) is 0 Å². The maximum atomic E-state index is 11.4. The molecule has 0 heterocycles. The minimum absolute atomic E-state index is 0.245. The highest BCUT2D eigenvalue weighted by molar-refractivity contribution is 5.74. The van der Waals surface area contributed by atoms with Gasteiger partial charge in [0, 0.05) is 7.11 Å². The van der Waals surface area contributed by atoms with Gasteiger partial charge in [0.2, 0.25) is 0 Å². The molecule has 0 aromatic heterocycles. The van der Waals surface area contributed by atoms with Crippen molar-refractivity contribution in [2.75, 3.05) is 14.2 Å². The lowest BCUT2D eigenvalue weighted by Gasteiger charge is -2.12. The van der Waals surface area contributed by atoms with Crippen molar-refractivity contribution in [1.82, 2.24) is 0 Å². The maximum absolute atomic E-state index is 11.4. The van der Waals surface area contributed by atoms with E-state index in [1.807, 2.05) is 0 Å². The topological polar surface area (TPSA) is 35.5 Å². The van der Waals surface area contributed by atoms with Gasteiger partial charge < -0.3 is 9.47 Å². The van der Waals surface area contributed by atoms with E-state index in [0.29, 0.717) is 0 Å². The van der Waals surface area contributed by atoms with E-state index in [-0.39, 0.29) is 12.1 Å². The molecule has 0 radical (unpaired) electrons. The Bertz CT molecular complexity index is 330. The van der Waals surface area contributed by atoms with Gasteiger partial charge >= 0.3 is 5.97 Å². The molecule has 0 aromatic rings. The Morgan fingerprint density at radius 2 is 0.862 bits per heavy atom. The second-order valence-corrected chi connectivity index (χ2v) is 8.75. The summed E-state index contributed by atoms with van der Waals surface area (Å²) in [5.41, 5.74) is 0. The van der Waals surface area contributed by atoms with Crippen LogP contribution in [0.1, 0.15) is 142 Å². The zero-order valence-corrected chi connectivity index (χ0v) is 20.2. The highest BCUT2D eigenvalue weighted by Gasteiger charge is 2.17. The van der Waals surface area contributed by atoms with Gasteiger partial charge in [-0.05, 0) is 6.42 Å². The van der Waals surface area contributed by atoms with Crippen molar-refractivity contribution in [2.45, 2.75) is 148 Å². The first-order valence-corrected chi connectivity index (χ1v) is 12.9. The summed E-state index contributed by atoms with van der Waals surface area (Å²) in [5, 5.41) is 0. The largest absolute Gasteiger partial charge is 0.467 e. The highest BCUT2D eigenvalue weighted by atomic mass is 16.6. The summed E-state index contributed by atoms with van der Waals surface area (Å²) in [6.45, 7) is 2.29. The van der Waals surface area contributed by atoms with Crippen LogP contribution >= 0.6 is 0 Å². The summed E-state index contributed by atoms with van der Waals surface area (Å²) >= 11 is 0. The van der Waals surface area contributed by atoms with Crippen LogP contribution in [0.15, 0.2) is 0 Å². The van der Waals surface area contributed by atoms with Crippen LogP contribution in [0.5, 0.6) is 0 Å². The van der Waals surface area contributed by atoms with Crippen molar-refractivity contribution in [3.8, 4) is 0 Å². The molecule has 0 saturated carbocycles. The molecule has 0 spiro atoms. The van der Waals surface area contributed by atoms with Crippen LogP contribution in [0.2, 0.25) is 0 Å². The van der Waals surface area contributed by atoms with Gasteiger partial charge in [-0.15, -0.1) is 0 Å². The number of carbonyl (C=O) groups is 1. The van der Waals surface area contributed by atoms with E-state index in [0.717, 1.165) is 12.8 Å². The molecule has 0 rings (SSSR count). The molecule has 3 nitrogen and oxygen atoms in total. The number of ether oxygens (including phenoxy) is 2. The first-order valence-electron chi connectivity index (χ1n) is 12.9. The van der Waals surface area contributed by atoms with Crippen molar-refractivity contribution < 1.29 is 14.3 Å². The van der Waals surface area contributed by atoms with Gasteiger partial charge in [0.1, 0.15) is 0 Å². The minimum Gasteiger partial charge on any atom is -0.467 e. The molecule has 0 N–H and O–H groups in total. The molecule has 0 saturated heterocycles. The fourth-order valence-electron chi connectivity index (χ4n) is 4.05. The Morgan fingerprint density at radius 1 is 0.552 bits per heavy atom. The standard InChI is InChI=1S/C26H52O3/c1-4-5-6-7-8-9-10-11-12-13-14-15-16-17-18-19-20-21-22-23-24-25(28-2)26(27)29-3/h25H,4-24H2,1-3H3. The van der Waals surface area contributed by atoms with E-state index < -0.39 is 0 Å². The lowest BCUT2D eigenvalue weighted by Crippen LogP contribution is -2.24. The smallest absolute Gasteiger partial charge is 0.334 e. The van der Waals surface area contributed by atoms with Gasteiger partial charge in [-0.2, -0.15) is 0 Å². The van der Waals surface area contributed by atoms with E-state index in [9.17, 15) is 4.79 Å². The van der Waals surface area contributed by atoms with Crippen LogP contribution in [-0.4, -0.2) is 26.3 Å². The summed E-state index contributed by atoms with van der Waals surface area (Å²) in [5.74, 6) is -0.245. The Balaban J connectivity index is 3.14. The molecule has 0 aliphatic rings. The van der Waals surface area contributed by atoms with E-state index in [2.05, 4.69) is 6.92 Å². The number of carbonyl (C=O) groups excluding carboxylic acids is 1. The van der Waals surface area contributed by atoms with E-state index in [1.54, 1.807) is 7.11 Å². The van der Waals surface area contributed by atoms with Crippen LogP contribution in [0.25, 0.3) is 0 Å². The summed E-state index contributed by atoms with van der Waals surface area (Å²) in [4.78, 5) is 11.4. The first-order chi connectivity index (χ1) is 14.3. The van der Waals surface area contributed by atoms with Crippen molar-refractivity contribution in [3.05, 3.63) is 0 Å². The highest BCUT2D eigenvalue weighted by Crippen LogP contribution is 2.15. The normalized spacial score (nSPS) is 12.2. The van der Waals surface area contributed by atoms with Gasteiger partial charge in [0.05, 0.1) is 7.11 Å². The molecule has 29 heavy (non-hydrogen) atoms. The molecule has 0 fully saturated rings. The Labute approximate surface area is 182 Å². The molecule has 174 valence electrons. The molecule has 0 amide bonds. The number of rotatable bonds is 23. The second-order valence-electron chi connectivity index (χ2n) is 8.75. The number of unbranched alkanes of at least 4 members (excludes halogenated alkanes) is 19. The van der Waals surface area contributed by atoms with Gasteiger partial charge in [-0.25, -0.2) is 4.79 Å². The zero-order valence-electron chi connectivity index (χ0n) is 20.2. The van der Waals surface area contributed by atoms with Crippen molar-refractivity contribution in [1.29, 1.82) is 0 Å².